The van der Waals surface area contributed by atoms with Crippen LogP contribution >= 0.6 is 0 Å². The average Bonchev–Trinajstić information content (AvgIpc) is 1.54. The summed E-state index contributed by atoms with van der Waals surface area (Å²) in [6, 6.07) is 0. The van der Waals surface area contributed by atoms with Gasteiger partial charge in [0.2, 0.25) is 6.29 Å². The molecule has 4 saturated carbocycles. The van der Waals surface area contributed by atoms with Gasteiger partial charge in [-0.2, -0.15) is 0 Å². The highest BCUT2D eigenvalue weighted by Crippen LogP contribution is 2.74. The molecule has 38 heteroatoms. The van der Waals surface area contributed by atoms with Crippen molar-refractivity contribution < 1.29 is 189 Å². The third-order valence-corrected chi connectivity index (χ3v) is 23.4. The number of aliphatic hydroxyl groups excluding tert-OH is 23. The fourth-order valence-corrected chi connectivity index (χ4v) is 17.8. The summed E-state index contributed by atoms with van der Waals surface area (Å²) in [6.45, 7) is 2.03. The van der Waals surface area contributed by atoms with Gasteiger partial charge >= 0.3 is 5.97 Å². The van der Waals surface area contributed by atoms with Crippen LogP contribution in [0, 0.1) is 28.1 Å². The first-order valence-corrected chi connectivity index (χ1v) is 33.9. The van der Waals surface area contributed by atoms with Crippen molar-refractivity contribution >= 4 is 5.97 Å². The molecule has 2 bridgehead atoms. The van der Waals surface area contributed by atoms with Gasteiger partial charge in [-0.3, -0.25) is 4.79 Å². The lowest BCUT2D eigenvalue weighted by atomic mass is 9.41. The average molecular weight is 1450 g/mol. The zero-order chi connectivity index (χ0) is 72.7. The van der Waals surface area contributed by atoms with E-state index < -0.39 is 295 Å². The van der Waals surface area contributed by atoms with Crippen molar-refractivity contribution in [2.75, 3.05) is 46.2 Å². The maximum absolute atomic E-state index is 15.6. The molecule has 4 aliphatic carbocycles. The molecule has 0 radical (unpaired) electrons. The van der Waals surface area contributed by atoms with Crippen LogP contribution in [-0.4, -0.2) is 390 Å². The van der Waals surface area contributed by atoms with E-state index >= 15 is 4.79 Å². The summed E-state index contributed by atoms with van der Waals surface area (Å²) in [5.41, 5.74) is -3.47. The van der Waals surface area contributed by atoms with Crippen molar-refractivity contribution in [3.63, 3.8) is 0 Å². The van der Waals surface area contributed by atoms with Gasteiger partial charge < -0.3 is 184 Å². The first-order valence-electron chi connectivity index (χ1n) is 33.9. The Morgan fingerprint density at radius 3 is 1.19 bits per heavy atom. The van der Waals surface area contributed by atoms with E-state index in [4.69, 9.17) is 66.3 Å². The normalized spacial score (nSPS) is 54.5. The monoisotopic (exact) mass is 1450 g/mol. The topological polar surface area (TPSA) is 612 Å². The lowest BCUT2D eigenvalue weighted by Gasteiger charge is -2.64. The van der Waals surface area contributed by atoms with Crippen molar-refractivity contribution in [2.45, 2.75) is 292 Å². The number of fused-ring (bicyclic) bond motifs is 3. The predicted molar refractivity (Wildman–Crippen MR) is 317 cm³/mol. The Balaban J connectivity index is 0.852. The van der Waals surface area contributed by atoms with Crippen LogP contribution in [0.5, 0.6) is 0 Å². The number of ether oxygens (including phenoxy) is 14. The predicted octanol–water partition coefficient (Wildman–Crippen LogP) is -11.6. The van der Waals surface area contributed by atoms with E-state index in [0.29, 0.717) is 44.1 Å². The third kappa shape index (κ3) is 14.1. The van der Waals surface area contributed by atoms with Gasteiger partial charge in [0.05, 0.1) is 57.3 Å². The summed E-state index contributed by atoms with van der Waals surface area (Å²) in [4.78, 5) is 15.6. The molecule has 576 valence electrons. The quantitative estimate of drug-likeness (QED) is 0.0288. The van der Waals surface area contributed by atoms with Crippen molar-refractivity contribution in [1.29, 1.82) is 0 Å². The Morgan fingerprint density at radius 1 is 0.400 bits per heavy atom. The second-order valence-electron chi connectivity index (χ2n) is 29.3. The Hall–Kier alpha value is -2.23. The Morgan fingerprint density at radius 2 is 0.750 bits per heavy atom. The van der Waals surface area contributed by atoms with Crippen LogP contribution in [-0.2, 0) is 71.1 Å². The Bertz CT molecular complexity index is 2720. The van der Waals surface area contributed by atoms with Gasteiger partial charge in [0, 0.05) is 0 Å². The molecular weight excluding hydrogens is 1350 g/mol. The molecule has 0 aromatic carbocycles. The standard InChI is InChI=1S/C62H100O38/c1-20-11-61-9-5-28-59(2,29(61)6-10-62(20,19-61)100-57-50(98-54-45(84)40(79)33(72)24(15-66)91-54)48(36(75)26(17-68)93-57)96-52-43(82)38(77)31(70)22(13-64)89-52)7-4-8-60(28,3)58(86)99-56-49(97-53-44(83)39(78)32(71)23(14-65)90-53)47(35(74)25(16-67)92-56)95-55-46(85)41(80)34(73)27(94-55)18-87-51-42(81)37(76)30(69)21(12-63)88-51/h21-57,63-85H,1,4-19H2,2-3H3/t21?,22?,23?,24?,25?,26?,27?,28?,29-,30?,31?,32?,33?,34?,35?,36?,37?,38?,39?,40?,41?,42?,43?,44?,45?,46?,47?,48?,49?,50?,51?,52?,53?,54?,55?,56?,57?,59+,60+,61?,62-/m0/s1. The number of rotatable bonds is 21. The van der Waals surface area contributed by atoms with Crippen LogP contribution in [0.2, 0.25) is 0 Å². The summed E-state index contributed by atoms with van der Waals surface area (Å²) >= 11 is 0. The lowest BCUT2D eigenvalue weighted by molar-refractivity contribution is -0.400. The van der Waals surface area contributed by atoms with Crippen molar-refractivity contribution in [3.8, 4) is 0 Å². The molecule has 0 aromatic heterocycles. The molecule has 0 aromatic rings. The van der Waals surface area contributed by atoms with Crippen LogP contribution in [0.4, 0.5) is 0 Å². The summed E-state index contributed by atoms with van der Waals surface area (Å²) in [6.07, 6.45) is -63.2. The van der Waals surface area contributed by atoms with Crippen LogP contribution < -0.4 is 0 Å². The van der Waals surface area contributed by atoms with E-state index in [1.807, 2.05) is 0 Å². The highest BCUT2D eigenvalue weighted by molar-refractivity contribution is 5.77. The summed E-state index contributed by atoms with van der Waals surface area (Å²) in [5, 5.41) is 249. The first-order chi connectivity index (χ1) is 47.3. The second kappa shape index (κ2) is 31.2. The van der Waals surface area contributed by atoms with Gasteiger partial charge in [-0.25, -0.2) is 0 Å². The van der Waals surface area contributed by atoms with E-state index in [-0.39, 0.29) is 25.2 Å². The highest BCUT2D eigenvalue weighted by atomic mass is 16.8. The largest absolute Gasteiger partial charge is 0.432 e. The molecule has 11 aliphatic rings. The van der Waals surface area contributed by atoms with Gasteiger partial charge in [0.25, 0.3) is 0 Å². The van der Waals surface area contributed by atoms with Crippen LogP contribution in [0.3, 0.4) is 0 Å². The van der Waals surface area contributed by atoms with Gasteiger partial charge in [0.1, 0.15) is 165 Å². The van der Waals surface area contributed by atoms with Gasteiger partial charge in [-0.15, -0.1) is 0 Å². The Kier molecular flexibility index (Phi) is 24.6. The van der Waals surface area contributed by atoms with Gasteiger partial charge in [0.15, 0.2) is 43.8 Å². The molecule has 38 nitrogen and oxygen atoms in total. The van der Waals surface area contributed by atoms with Crippen molar-refractivity contribution in [2.24, 2.45) is 28.1 Å². The first kappa shape index (κ1) is 78.8. The smallest absolute Gasteiger partial charge is 0.314 e. The van der Waals surface area contributed by atoms with Crippen molar-refractivity contribution in [1.82, 2.24) is 0 Å². The number of hydrogen-bond donors (Lipinski definition) is 23. The molecule has 11 fully saturated rings. The highest BCUT2D eigenvalue weighted by Gasteiger charge is 2.70. The number of carbonyl (C=O) groups is 1. The third-order valence-electron chi connectivity index (χ3n) is 23.4. The molecule has 11 rings (SSSR count). The van der Waals surface area contributed by atoms with E-state index in [2.05, 4.69) is 13.5 Å². The van der Waals surface area contributed by atoms with E-state index in [0.717, 1.165) is 0 Å². The molecule has 41 atom stereocenters. The number of hydrogen-bond acceptors (Lipinski definition) is 38. The van der Waals surface area contributed by atoms with Crippen LogP contribution in [0.25, 0.3) is 0 Å². The molecule has 7 heterocycles. The molecule has 23 N–H and O–H groups in total. The number of esters is 1. The fourth-order valence-electron chi connectivity index (χ4n) is 17.8. The van der Waals surface area contributed by atoms with E-state index in [9.17, 15) is 117 Å². The van der Waals surface area contributed by atoms with Crippen LogP contribution in [0.15, 0.2) is 12.2 Å². The zero-order valence-electron chi connectivity index (χ0n) is 54.8. The molecular formula is C62H100O38. The minimum atomic E-state index is -2.21. The maximum Gasteiger partial charge on any atom is 0.314 e. The fraction of sp³-hybridized carbons (Fsp3) is 0.952. The molecule has 37 unspecified atom stereocenters. The second-order valence-corrected chi connectivity index (χ2v) is 29.3. The van der Waals surface area contributed by atoms with Gasteiger partial charge in [-0.05, 0) is 86.5 Å². The van der Waals surface area contributed by atoms with E-state index in [1.165, 1.54) is 0 Å². The zero-order valence-corrected chi connectivity index (χ0v) is 54.8. The maximum atomic E-state index is 15.6. The molecule has 100 heavy (non-hydrogen) atoms. The molecule has 1 spiro atoms. The van der Waals surface area contributed by atoms with Gasteiger partial charge in [-0.1, -0.05) is 19.9 Å². The minimum absolute atomic E-state index is 0.202. The summed E-state index contributed by atoms with van der Waals surface area (Å²) < 4.78 is 84.6. The molecule has 0 amide bonds. The summed E-state index contributed by atoms with van der Waals surface area (Å²) in [5.74, 6) is -1.60. The minimum Gasteiger partial charge on any atom is -0.432 e. The van der Waals surface area contributed by atoms with Crippen molar-refractivity contribution in [3.05, 3.63) is 12.2 Å². The Labute approximate surface area is 571 Å². The molecule has 7 aliphatic heterocycles. The SMILES string of the molecule is C=C1CC23CCC4[C@](C)(C(=O)OC5OC(CO)C(O)C(OC6OC(COC7OC(CO)C(O)C(O)C7O)C(O)C(O)C6O)C5OC5OC(CO)C(O)C(O)C5O)CCC[C@@]4(C)[C@@H]2CC[C@]1(OC1OC(CO)C(O)C(OC2OC(CO)C(O)C(O)C2O)C1OC1OC(CO)C(O)C(O)C1O)C3. The summed E-state index contributed by atoms with van der Waals surface area (Å²) in [7, 11) is 0. The molecule has 7 saturated heterocycles. The number of carbonyl (C=O) groups excluding carboxylic acids is 1. The lowest BCUT2D eigenvalue weighted by Crippen LogP contribution is -2.68. The van der Waals surface area contributed by atoms with E-state index in [1.54, 1.807) is 6.92 Å². The number of aliphatic hydroxyl groups is 23. The van der Waals surface area contributed by atoms with Crippen LogP contribution in [0.1, 0.15) is 71.6 Å².